The normalized spacial score (nSPS) is 14.6. The van der Waals surface area contributed by atoms with Gasteiger partial charge in [0.25, 0.3) is 5.91 Å². The van der Waals surface area contributed by atoms with Crippen LogP contribution in [0, 0.1) is 13.8 Å². The zero-order valence-electron chi connectivity index (χ0n) is 18.5. The van der Waals surface area contributed by atoms with E-state index in [1.54, 1.807) is 0 Å². The van der Waals surface area contributed by atoms with Crippen LogP contribution in [0.5, 0.6) is 5.75 Å². The summed E-state index contributed by atoms with van der Waals surface area (Å²) in [5.41, 5.74) is 5.27. The number of aromatic nitrogens is 2. The number of aryl methyl sites for hydroxylation is 3. The van der Waals surface area contributed by atoms with Gasteiger partial charge in [0.1, 0.15) is 12.4 Å². The van der Waals surface area contributed by atoms with Crippen LogP contribution in [0.15, 0.2) is 54.9 Å². The van der Waals surface area contributed by atoms with E-state index in [0.29, 0.717) is 6.61 Å². The average molecular weight is 419 g/mol. The number of carbonyl (C=O) groups is 1. The van der Waals surface area contributed by atoms with Gasteiger partial charge >= 0.3 is 0 Å². The van der Waals surface area contributed by atoms with Crippen LogP contribution in [-0.4, -0.2) is 51.7 Å². The van der Waals surface area contributed by atoms with E-state index in [1.165, 1.54) is 5.56 Å². The summed E-state index contributed by atoms with van der Waals surface area (Å²) in [7, 11) is 1.93. The lowest BCUT2D eigenvalue weighted by molar-refractivity contribution is 0.0628. The monoisotopic (exact) mass is 418 g/mol. The Morgan fingerprint density at radius 2 is 1.65 bits per heavy atom. The fourth-order valence-electron chi connectivity index (χ4n) is 4.03. The van der Waals surface area contributed by atoms with Crippen LogP contribution in [0.25, 0.3) is 0 Å². The third kappa shape index (κ3) is 5.14. The van der Waals surface area contributed by atoms with Gasteiger partial charge in [0.2, 0.25) is 0 Å². The Morgan fingerprint density at radius 1 is 0.968 bits per heavy atom. The van der Waals surface area contributed by atoms with Crippen LogP contribution in [0.2, 0.25) is 0 Å². The maximum Gasteiger partial charge on any atom is 0.253 e. The topological polar surface area (TPSA) is 50.6 Å². The molecule has 0 radical (unpaired) electrons. The molecule has 6 nitrogen and oxygen atoms in total. The van der Waals surface area contributed by atoms with E-state index in [-0.39, 0.29) is 5.91 Å². The summed E-state index contributed by atoms with van der Waals surface area (Å²) in [4.78, 5) is 17.2. The van der Waals surface area contributed by atoms with Crippen LogP contribution in [0.4, 0.5) is 0 Å². The Bertz CT molecular complexity index is 1010. The molecule has 1 amide bonds. The molecule has 1 saturated heterocycles. The number of hydrogen-bond donors (Lipinski definition) is 0. The van der Waals surface area contributed by atoms with Crippen molar-refractivity contribution in [3.8, 4) is 5.75 Å². The molecule has 0 atom stereocenters. The molecule has 6 heteroatoms. The largest absolute Gasteiger partial charge is 0.488 e. The molecule has 1 aliphatic heterocycles. The van der Waals surface area contributed by atoms with Gasteiger partial charge in [0.05, 0.1) is 6.20 Å². The van der Waals surface area contributed by atoms with E-state index < -0.39 is 0 Å². The lowest BCUT2D eigenvalue weighted by Crippen LogP contribution is -2.48. The third-order valence-corrected chi connectivity index (χ3v) is 5.82. The van der Waals surface area contributed by atoms with E-state index >= 15 is 0 Å². The molecule has 162 valence electrons. The maximum absolute atomic E-state index is 12.9. The van der Waals surface area contributed by atoms with Gasteiger partial charge in [-0.15, -0.1) is 0 Å². The Kier molecular flexibility index (Phi) is 6.37. The van der Waals surface area contributed by atoms with E-state index in [0.717, 1.165) is 60.7 Å². The summed E-state index contributed by atoms with van der Waals surface area (Å²) < 4.78 is 7.85. The standard InChI is InChI=1S/C25H30N4O2/c1-19-5-4-6-20(2)24(19)31-18-21-7-9-23(10-8-21)25(30)29-13-11-28(12-14-29)17-22-15-26-27(3)16-22/h4-10,15-16H,11-14,17-18H2,1-3H3. The molecular formula is C25H30N4O2. The van der Waals surface area contributed by atoms with E-state index in [1.807, 2.05) is 59.4 Å². The predicted octanol–water partition coefficient (Wildman–Crippen LogP) is 3.57. The highest BCUT2D eigenvalue weighted by atomic mass is 16.5. The molecule has 4 rings (SSSR count). The number of nitrogens with zero attached hydrogens (tertiary/aromatic N) is 4. The summed E-state index contributed by atoms with van der Waals surface area (Å²) in [5, 5.41) is 4.23. The SMILES string of the molecule is Cc1cccc(C)c1OCc1ccc(C(=O)N2CCN(Cc3cnn(C)c3)CC2)cc1. The molecule has 2 aromatic carbocycles. The number of para-hydroxylation sites is 1. The van der Waals surface area contributed by atoms with Gasteiger partial charge < -0.3 is 9.64 Å². The first-order valence-electron chi connectivity index (χ1n) is 10.8. The molecule has 0 unspecified atom stereocenters. The van der Waals surface area contributed by atoms with Gasteiger partial charge in [-0.25, -0.2) is 0 Å². The van der Waals surface area contributed by atoms with Crippen molar-refractivity contribution in [2.75, 3.05) is 26.2 Å². The second-order valence-corrected chi connectivity index (χ2v) is 8.30. The summed E-state index contributed by atoms with van der Waals surface area (Å²) in [6.07, 6.45) is 3.95. The number of ether oxygens (including phenoxy) is 1. The summed E-state index contributed by atoms with van der Waals surface area (Å²) >= 11 is 0. The van der Waals surface area contributed by atoms with Gasteiger partial charge in [-0.2, -0.15) is 5.10 Å². The minimum absolute atomic E-state index is 0.100. The Balaban J connectivity index is 1.29. The van der Waals surface area contributed by atoms with Crippen LogP contribution in [0.3, 0.4) is 0 Å². The minimum atomic E-state index is 0.100. The van der Waals surface area contributed by atoms with Gasteiger partial charge in [0.15, 0.2) is 0 Å². The lowest BCUT2D eigenvalue weighted by Gasteiger charge is -2.34. The highest BCUT2D eigenvalue weighted by molar-refractivity contribution is 5.94. The summed E-state index contributed by atoms with van der Waals surface area (Å²) in [5.74, 6) is 1.04. The number of piperazine rings is 1. The first-order chi connectivity index (χ1) is 15.0. The second-order valence-electron chi connectivity index (χ2n) is 8.30. The molecule has 0 bridgehead atoms. The van der Waals surface area contributed by atoms with E-state index in [2.05, 4.69) is 36.0 Å². The zero-order valence-corrected chi connectivity index (χ0v) is 18.5. The van der Waals surface area contributed by atoms with Crippen molar-refractivity contribution in [1.29, 1.82) is 0 Å². The average Bonchev–Trinajstić information content (AvgIpc) is 3.18. The number of amides is 1. The first-order valence-corrected chi connectivity index (χ1v) is 10.8. The van der Waals surface area contributed by atoms with Crippen LogP contribution in [0.1, 0.15) is 32.6 Å². The molecule has 1 aliphatic rings. The Labute approximate surface area is 184 Å². The van der Waals surface area contributed by atoms with Crippen molar-refractivity contribution >= 4 is 5.91 Å². The van der Waals surface area contributed by atoms with Gasteiger partial charge in [0, 0.05) is 57.1 Å². The lowest BCUT2D eigenvalue weighted by atomic mass is 10.1. The van der Waals surface area contributed by atoms with Crippen LogP contribution >= 0.6 is 0 Å². The number of benzene rings is 2. The van der Waals surface area contributed by atoms with Crippen molar-refractivity contribution in [3.63, 3.8) is 0 Å². The van der Waals surface area contributed by atoms with E-state index in [9.17, 15) is 4.79 Å². The molecular weight excluding hydrogens is 388 g/mol. The smallest absolute Gasteiger partial charge is 0.253 e. The fraction of sp³-hybridized carbons (Fsp3) is 0.360. The number of carbonyl (C=O) groups excluding carboxylic acids is 1. The molecule has 0 saturated carbocycles. The quantitative estimate of drug-likeness (QED) is 0.614. The van der Waals surface area contributed by atoms with E-state index in [4.69, 9.17) is 4.74 Å². The predicted molar refractivity (Wildman–Crippen MR) is 121 cm³/mol. The molecule has 1 fully saturated rings. The third-order valence-electron chi connectivity index (χ3n) is 5.82. The van der Waals surface area contributed by atoms with Crippen LogP contribution < -0.4 is 4.74 Å². The van der Waals surface area contributed by atoms with Crippen molar-refractivity contribution in [1.82, 2.24) is 19.6 Å². The van der Waals surface area contributed by atoms with Crippen molar-refractivity contribution < 1.29 is 9.53 Å². The second kappa shape index (κ2) is 9.35. The van der Waals surface area contributed by atoms with Crippen molar-refractivity contribution in [3.05, 3.63) is 82.7 Å². The molecule has 1 aromatic heterocycles. The van der Waals surface area contributed by atoms with Gasteiger partial charge in [-0.05, 0) is 42.7 Å². The molecule has 0 N–H and O–H groups in total. The maximum atomic E-state index is 12.9. The molecule has 3 aromatic rings. The highest BCUT2D eigenvalue weighted by Gasteiger charge is 2.22. The van der Waals surface area contributed by atoms with Crippen LogP contribution in [-0.2, 0) is 20.2 Å². The Hall–Kier alpha value is -3.12. The van der Waals surface area contributed by atoms with Crippen molar-refractivity contribution in [2.24, 2.45) is 7.05 Å². The molecule has 31 heavy (non-hydrogen) atoms. The molecule has 2 heterocycles. The molecule has 0 spiro atoms. The summed E-state index contributed by atoms with van der Waals surface area (Å²) in [6.45, 7) is 8.73. The highest BCUT2D eigenvalue weighted by Crippen LogP contribution is 2.23. The van der Waals surface area contributed by atoms with Crippen molar-refractivity contribution in [2.45, 2.75) is 27.0 Å². The number of hydrogen-bond acceptors (Lipinski definition) is 4. The number of rotatable bonds is 6. The molecule has 0 aliphatic carbocycles. The minimum Gasteiger partial charge on any atom is -0.488 e. The summed E-state index contributed by atoms with van der Waals surface area (Å²) in [6, 6.07) is 13.9. The Morgan fingerprint density at radius 3 is 2.26 bits per heavy atom. The van der Waals surface area contributed by atoms with Gasteiger partial charge in [-0.1, -0.05) is 30.3 Å². The van der Waals surface area contributed by atoms with Gasteiger partial charge in [-0.3, -0.25) is 14.4 Å². The fourth-order valence-corrected chi connectivity index (χ4v) is 4.03. The first kappa shape index (κ1) is 21.1. The zero-order chi connectivity index (χ0) is 21.8.